The molecule has 0 saturated heterocycles. The largest absolute Gasteiger partial charge is 0.389 e. The van der Waals surface area contributed by atoms with Gasteiger partial charge in [0.1, 0.15) is 4.99 Å². The predicted molar refractivity (Wildman–Crippen MR) is 89.7 cm³/mol. The Morgan fingerprint density at radius 3 is 2.38 bits per heavy atom. The molecule has 21 heavy (non-hydrogen) atoms. The van der Waals surface area contributed by atoms with E-state index in [1.807, 2.05) is 37.3 Å². The summed E-state index contributed by atoms with van der Waals surface area (Å²) in [6.07, 6.45) is 0. The van der Waals surface area contributed by atoms with E-state index in [1.165, 1.54) is 0 Å². The van der Waals surface area contributed by atoms with Gasteiger partial charge in [0, 0.05) is 22.7 Å². The maximum atomic E-state index is 12.0. The summed E-state index contributed by atoms with van der Waals surface area (Å²) in [5, 5.41) is 3.44. The van der Waals surface area contributed by atoms with Crippen molar-refractivity contribution >= 4 is 34.7 Å². The lowest BCUT2D eigenvalue weighted by molar-refractivity contribution is 0.0951. The molecule has 0 spiro atoms. The van der Waals surface area contributed by atoms with Crippen LogP contribution in [0.15, 0.2) is 42.5 Å². The number of nitrogens with two attached hydrogens (primary N) is 1. The van der Waals surface area contributed by atoms with Crippen LogP contribution in [0.2, 0.25) is 5.02 Å². The van der Waals surface area contributed by atoms with E-state index >= 15 is 0 Å². The molecule has 108 valence electrons. The average molecular weight is 319 g/mol. The third-order valence-corrected chi connectivity index (χ3v) is 3.77. The fourth-order valence-electron chi connectivity index (χ4n) is 1.81. The van der Waals surface area contributed by atoms with Crippen molar-refractivity contribution in [3.63, 3.8) is 0 Å². The maximum absolute atomic E-state index is 12.0. The van der Waals surface area contributed by atoms with E-state index in [2.05, 4.69) is 5.32 Å². The van der Waals surface area contributed by atoms with Gasteiger partial charge >= 0.3 is 0 Å². The molecule has 0 aliphatic rings. The van der Waals surface area contributed by atoms with Gasteiger partial charge in [-0.25, -0.2) is 0 Å². The van der Waals surface area contributed by atoms with Gasteiger partial charge in [0.2, 0.25) is 0 Å². The molecule has 0 bridgehead atoms. The highest BCUT2D eigenvalue weighted by molar-refractivity contribution is 7.80. The minimum atomic E-state index is -0.157. The van der Waals surface area contributed by atoms with Gasteiger partial charge in [-0.2, -0.15) is 0 Å². The molecule has 1 amide bonds. The number of aryl methyl sites for hydroxylation is 1. The van der Waals surface area contributed by atoms with E-state index in [9.17, 15) is 4.79 Å². The van der Waals surface area contributed by atoms with Crippen molar-refractivity contribution in [1.82, 2.24) is 5.32 Å². The molecule has 0 radical (unpaired) electrons. The number of nitrogens with one attached hydrogen (secondary N) is 1. The zero-order valence-corrected chi connectivity index (χ0v) is 13.1. The number of carbonyl (C=O) groups excluding carboxylic acids is 1. The van der Waals surface area contributed by atoms with Gasteiger partial charge in [0.25, 0.3) is 5.91 Å². The summed E-state index contributed by atoms with van der Waals surface area (Å²) in [4.78, 5) is 12.4. The van der Waals surface area contributed by atoms with Gasteiger partial charge in [0.15, 0.2) is 0 Å². The molecule has 2 aromatic carbocycles. The molecule has 3 nitrogen and oxygen atoms in total. The first-order valence-corrected chi connectivity index (χ1v) is 7.19. The molecule has 0 unspecified atom stereocenters. The topological polar surface area (TPSA) is 55.1 Å². The van der Waals surface area contributed by atoms with Crippen LogP contribution in [0.5, 0.6) is 0 Å². The van der Waals surface area contributed by atoms with E-state index in [4.69, 9.17) is 29.6 Å². The molecule has 2 rings (SSSR count). The van der Waals surface area contributed by atoms with Crippen molar-refractivity contribution < 1.29 is 4.79 Å². The minimum Gasteiger partial charge on any atom is -0.389 e. The molecular formula is C16H15ClN2OS. The van der Waals surface area contributed by atoms with E-state index in [0.717, 1.165) is 16.7 Å². The lowest BCUT2D eigenvalue weighted by Gasteiger charge is -2.07. The first-order chi connectivity index (χ1) is 9.97. The number of benzene rings is 2. The fraction of sp³-hybridized carbons (Fsp3) is 0.125. The molecule has 0 atom stereocenters. The van der Waals surface area contributed by atoms with Crippen LogP contribution in [0, 0.1) is 6.92 Å². The highest BCUT2D eigenvalue weighted by Crippen LogP contribution is 2.16. The Morgan fingerprint density at radius 2 is 1.81 bits per heavy atom. The molecule has 0 fully saturated rings. The summed E-state index contributed by atoms with van der Waals surface area (Å²) in [6, 6.07) is 12.7. The summed E-state index contributed by atoms with van der Waals surface area (Å²) in [5.74, 6) is -0.157. The normalized spacial score (nSPS) is 10.2. The monoisotopic (exact) mass is 318 g/mol. The van der Waals surface area contributed by atoms with Gasteiger partial charge in [-0.1, -0.05) is 54.2 Å². The molecule has 0 aliphatic heterocycles. The number of carbonyl (C=O) groups is 1. The van der Waals surface area contributed by atoms with Crippen LogP contribution in [0.3, 0.4) is 0 Å². The van der Waals surface area contributed by atoms with Crippen molar-refractivity contribution in [2.45, 2.75) is 13.5 Å². The van der Waals surface area contributed by atoms with Crippen LogP contribution >= 0.6 is 23.8 Å². The van der Waals surface area contributed by atoms with Crippen LogP contribution in [0.4, 0.5) is 0 Å². The molecule has 0 heterocycles. The molecule has 5 heteroatoms. The van der Waals surface area contributed by atoms with Gasteiger partial charge in [-0.3, -0.25) is 4.79 Å². The van der Waals surface area contributed by atoms with Crippen molar-refractivity contribution in [2.75, 3.05) is 0 Å². The number of hydrogen-bond acceptors (Lipinski definition) is 2. The lowest BCUT2D eigenvalue weighted by Crippen LogP contribution is -2.22. The summed E-state index contributed by atoms with van der Waals surface area (Å²) >= 11 is 10.9. The molecule has 2 aromatic rings. The van der Waals surface area contributed by atoms with E-state index in [-0.39, 0.29) is 5.91 Å². The summed E-state index contributed by atoms with van der Waals surface area (Å²) < 4.78 is 0. The van der Waals surface area contributed by atoms with Crippen molar-refractivity contribution in [1.29, 1.82) is 0 Å². The van der Waals surface area contributed by atoms with Gasteiger partial charge in [-0.15, -0.1) is 0 Å². The molecule has 3 N–H and O–H groups in total. The quantitative estimate of drug-likeness (QED) is 0.851. The Labute approximate surface area is 134 Å². The third kappa shape index (κ3) is 4.03. The second-order valence-electron chi connectivity index (χ2n) is 4.71. The van der Waals surface area contributed by atoms with Crippen LogP contribution in [0.1, 0.15) is 27.0 Å². The van der Waals surface area contributed by atoms with Crippen LogP contribution in [-0.4, -0.2) is 10.9 Å². The van der Waals surface area contributed by atoms with Crippen molar-refractivity contribution in [3.8, 4) is 0 Å². The van der Waals surface area contributed by atoms with Crippen molar-refractivity contribution in [3.05, 3.63) is 69.7 Å². The highest BCUT2D eigenvalue weighted by atomic mass is 35.5. The zero-order chi connectivity index (χ0) is 15.4. The molecular weight excluding hydrogens is 304 g/mol. The van der Waals surface area contributed by atoms with Crippen LogP contribution in [0.25, 0.3) is 0 Å². The number of thiocarbonyl (C=S) groups is 1. The number of halogens is 1. The predicted octanol–water partition coefficient (Wildman–Crippen LogP) is 3.21. The van der Waals surface area contributed by atoms with Crippen LogP contribution in [-0.2, 0) is 6.54 Å². The first kappa shape index (κ1) is 15.5. The summed E-state index contributed by atoms with van der Waals surface area (Å²) in [6.45, 7) is 2.33. The smallest absolute Gasteiger partial charge is 0.251 e. The van der Waals surface area contributed by atoms with E-state index in [0.29, 0.717) is 22.1 Å². The molecule has 0 aliphatic carbocycles. The SMILES string of the molecule is Cc1ccc(C(=O)NCc2ccc(C(N)=S)cc2)cc1Cl. The molecule has 0 saturated carbocycles. The number of hydrogen-bond donors (Lipinski definition) is 2. The minimum absolute atomic E-state index is 0.157. The van der Waals surface area contributed by atoms with E-state index < -0.39 is 0 Å². The second kappa shape index (κ2) is 6.70. The summed E-state index contributed by atoms with van der Waals surface area (Å²) in [7, 11) is 0. The zero-order valence-electron chi connectivity index (χ0n) is 11.5. The van der Waals surface area contributed by atoms with E-state index in [1.54, 1.807) is 12.1 Å². The van der Waals surface area contributed by atoms with Gasteiger partial charge in [0.05, 0.1) is 0 Å². The number of rotatable bonds is 4. The Balaban J connectivity index is 2.00. The van der Waals surface area contributed by atoms with Gasteiger partial charge < -0.3 is 11.1 Å². The fourth-order valence-corrected chi connectivity index (χ4v) is 2.12. The Morgan fingerprint density at radius 1 is 1.19 bits per heavy atom. The summed E-state index contributed by atoms with van der Waals surface area (Å²) in [5.41, 5.74) is 8.81. The van der Waals surface area contributed by atoms with Gasteiger partial charge in [-0.05, 0) is 30.2 Å². The maximum Gasteiger partial charge on any atom is 0.251 e. The lowest BCUT2D eigenvalue weighted by atomic mass is 10.1. The highest BCUT2D eigenvalue weighted by Gasteiger charge is 2.07. The van der Waals surface area contributed by atoms with Crippen LogP contribution < -0.4 is 11.1 Å². The average Bonchev–Trinajstić information content (AvgIpc) is 2.48. The first-order valence-electron chi connectivity index (χ1n) is 6.40. The number of amides is 1. The third-order valence-electron chi connectivity index (χ3n) is 3.13. The van der Waals surface area contributed by atoms with Crippen molar-refractivity contribution in [2.24, 2.45) is 5.73 Å². The standard InChI is InChI=1S/C16H15ClN2OS/c1-10-2-5-13(8-14(10)17)16(20)19-9-11-3-6-12(7-4-11)15(18)21/h2-8H,9H2,1H3,(H2,18,21)(H,19,20). The Hall–Kier alpha value is -1.91. The second-order valence-corrected chi connectivity index (χ2v) is 5.55. The Kier molecular flexibility index (Phi) is 4.94. The molecule has 0 aromatic heterocycles. The Bertz CT molecular complexity index is 683.